The van der Waals surface area contributed by atoms with Crippen molar-refractivity contribution in [2.45, 2.75) is 13.5 Å². The lowest BCUT2D eigenvalue weighted by Crippen LogP contribution is -1.95. The lowest BCUT2D eigenvalue weighted by atomic mass is 10.2. The van der Waals surface area contributed by atoms with Crippen molar-refractivity contribution in [2.24, 2.45) is 0 Å². The van der Waals surface area contributed by atoms with Crippen molar-refractivity contribution in [2.75, 3.05) is 0 Å². The number of aryl methyl sites for hydroxylation is 1. The van der Waals surface area contributed by atoms with Crippen LogP contribution >= 0.6 is 0 Å². The minimum Gasteiger partial charge on any atom is -0.489 e. The standard InChI is InChI=1S/C20H15FN4O2/c1-13-9-17(18(21)23-10-13)20-24-19(25-27-20)15-4-6-16(7-5-15)26-12-14-3-2-8-22-11-14/h2-11H,12H2,1H3. The van der Waals surface area contributed by atoms with Gasteiger partial charge >= 0.3 is 0 Å². The summed E-state index contributed by atoms with van der Waals surface area (Å²) in [7, 11) is 0. The van der Waals surface area contributed by atoms with Crippen LogP contribution in [-0.2, 0) is 6.61 Å². The predicted molar refractivity (Wildman–Crippen MR) is 96.2 cm³/mol. The second-order valence-corrected chi connectivity index (χ2v) is 5.95. The van der Waals surface area contributed by atoms with Crippen LogP contribution in [0.3, 0.4) is 0 Å². The Balaban J connectivity index is 1.49. The van der Waals surface area contributed by atoms with Crippen LogP contribution in [0.4, 0.5) is 4.39 Å². The number of nitrogens with zero attached hydrogens (tertiary/aromatic N) is 4. The number of pyridine rings is 2. The number of rotatable bonds is 5. The van der Waals surface area contributed by atoms with Gasteiger partial charge in [-0.1, -0.05) is 11.2 Å². The van der Waals surface area contributed by atoms with E-state index >= 15 is 0 Å². The Hall–Kier alpha value is -3.61. The van der Waals surface area contributed by atoms with Crippen molar-refractivity contribution in [1.82, 2.24) is 20.1 Å². The molecule has 0 saturated heterocycles. The lowest BCUT2D eigenvalue weighted by Gasteiger charge is -2.06. The number of hydrogen-bond acceptors (Lipinski definition) is 6. The molecule has 0 amide bonds. The fourth-order valence-electron chi connectivity index (χ4n) is 2.50. The quantitative estimate of drug-likeness (QED) is 0.495. The summed E-state index contributed by atoms with van der Waals surface area (Å²) in [5.74, 6) is 0.524. The lowest BCUT2D eigenvalue weighted by molar-refractivity contribution is 0.306. The highest BCUT2D eigenvalue weighted by molar-refractivity contribution is 5.60. The first-order valence-corrected chi connectivity index (χ1v) is 8.27. The summed E-state index contributed by atoms with van der Waals surface area (Å²) in [4.78, 5) is 12.0. The zero-order valence-corrected chi connectivity index (χ0v) is 14.5. The number of benzene rings is 1. The molecule has 0 fully saturated rings. The molecule has 1 aromatic carbocycles. The average molecular weight is 362 g/mol. The average Bonchev–Trinajstić information content (AvgIpc) is 3.19. The Morgan fingerprint density at radius 3 is 2.74 bits per heavy atom. The van der Waals surface area contributed by atoms with E-state index in [0.29, 0.717) is 18.2 Å². The van der Waals surface area contributed by atoms with Crippen molar-refractivity contribution in [3.05, 3.63) is 78.1 Å². The van der Waals surface area contributed by atoms with Gasteiger partial charge in [0.1, 0.15) is 12.4 Å². The number of aromatic nitrogens is 4. The molecule has 7 heteroatoms. The topological polar surface area (TPSA) is 73.9 Å². The molecule has 4 rings (SSSR count). The van der Waals surface area contributed by atoms with Crippen LogP contribution in [-0.4, -0.2) is 20.1 Å². The summed E-state index contributed by atoms with van der Waals surface area (Å²) in [6.07, 6.45) is 4.92. The second kappa shape index (κ2) is 7.33. The summed E-state index contributed by atoms with van der Waals surface area (Å²) >= 11 is 0. The molecule has 0 saturated carbocycles. The molecule has 0 atom stereocenters. The van der Waals surface area contributed by atoms with Crippen molar-refractivity contribution < 1.29 is 13.7 Å². The van der Waals surface area contributed by atoms with E-state index in [0.717, 1.165) is 16.7 Å². The summed E-state index contributed by atoms with van der Waals surface area (Å²) in [5, 5.41) is 3.93. The van der Waals surface area contributed by atoms with Gasteiger partial charge in [-0.15, -0.1) is 0 Å². The molecule has 3 aromatic heterocycles. The highest BCUT2D eigenvalue weighted by Crippen LogP contribution is 2.25. The molecule has 0 aliphatic heterocycles. The SMILES string of the molecule is Cc1cnc(F)c(-c2nc(-c3ccc(OCc4cccnc4)cc3)no2)c1. The van der Waals surface area contributed by atoms with E-state index < -0.39 is 5.95 Å². The van der Waals surface area contributed by atoms with Gasteiger partial charge in [-0.2, -0.15) is 9.37 Å². The van der Waals surface area contributed by atoms with E-state index in [1.165, 1.54) is 6.20 Å². The van der Waals surface area contributed by atoms with Gasteiger partial charge in [0.2, 0.25) is 11.8 Å². The van der Waals surface area contributed by atoms with Gasteiger partial charge in [0.15, 0.2) is 0 Å². The van der Waals surface area contributed by atoms with Crippen molar-refractivity contribution in [3.63, 3.8) is 0 Å². The first-order chi connectivity index (χ1) is 13.2. The molecule has 0 aliphatic carbocycles. The first-order valence-electron chi connectivity index (χ1n) is 8.27. The van der Waals surface area contributed by atoms with Crippen LogP contribution in [0.5, 0.6) is 5.75 Å². The summed E-state index contributed by atoms with van der Waals surface area (Å²) < 4.78 is 24.8. The predicted octanol–water partition coefficient (Wildman–Crippen LogP) is 4.22. The molecule has 0 unspecified atom stereocenters. The first kappa shape index (κ1) is 16.8. The molecular formula is C20H15FN4O2. The summed E-state index contributed by atoms with van der Waals surface area (Å²) in [6, 6.07) is 12.7. The van der Waals surface area contributed by atoms with Crippen LogP contribution in [0, 0.1) is 12.9 Å². The number of ether oxygens (including phenoxy) is 1. The monoisotopic (exact) mass is 362 g/mol. The van der Waals surface area contributed by atoms with Crippen molar-refractivity contribution >= 4 is 0 Å². The normalized spacial score (nSPS) is 10.7. The van der Waals surface area contributed by atoms with E-state index in [1.54, 1.807) is 18.5 Å². The van der Waals surface area contributed by atoms with Gasteiger partial charge in [-0.05, 0) is 48.9 Å². The van der Waals surface area contributed by atoms with Gasteiger partial charge in [-0.3, -0.25) is 4.98 Å². The van der Waals surface area contributed by atoms with Crippen LogP contribution in [0.25, 0.3) is 22.8 Å². The Labute approximate surface area is 154 Å². The fourth-order valence-corrected chi connectivity index (χ4v) is 2.50. The van der Waals surface area contributed by atoms with Gasteiger partial charge in [0, 0.05) is 29.7 Å². The number of hydrogen-bond donors (Lipinski definition) is 0. The van der Waals surface area contributed by atoms with Crippen LogP contribution in [0.15, 0.2) is 65.6 Å². The molecule has 0 bridgehead atoms. The van der Waals surface area contributed by atoms with Crippen molar-refractivity contribution in [3.8, 4) is 28.6 Å². The van der Waals surface area contributed by atoms with E-state index in [9.17, 15) is 4.39 Å². The Morgan fingerprint density at radius 2 is 1.96 bits per heavy atom. The van der Waals surface area contributed by atoms with E-state index in [4.69, 9.17) is 9.26 Å². The molecule has 0 N–H and O–H groups in total. The smallest absolute Gasteiger partial charge is 0.262 e. The molecule has 134 valence electrons. The Morgan fingerprint density at radius 1 is 1.11 bits per heavy atom. The Kier molecular flexibility index (Phi) is 4.57. The van der Waals surface area contributed by atoms with Crippen LogP contribution < -0.4 is 4.74 Å². The van der Waals surface area contributed by atoms with E-state index in [2.05, 4.69) is 20.1 Å². The molecule has 4 aromatic rings. The van der Waals surface area contributed by atoms with Gasteiger partial charge < -0.3 is 9.26 Å². The van der Waals surface area contributed by atoms with Gasteiger partial charge in [0.05, 0.1) is 5.56 Å². The van der Waals surface area contributed by atoms with Crippen LogP contribution in [0.2, 0.25) is 0 Å². The second-order valence-electron chi connectivity index (χ2n) is 5.95. The molecule has 27 heavy (non-hydrogen) atoms. The summed E-state index contributed by atoms with van der Waals surface area (Å²) in [6.45, 7) is 2.25. The zero-order chi connectivity index (χ0) is 18.6. The maximum Gasteiger partial charge on any atom is 0.262 e. The highest BCUT2D eigenvalue weighted by Gasteiger charge is 2.15. The molecule has 0 radical (unpaired) electrons. The maximum atomic E-state index is 13.9. The summed E-state index contributed by atoms with van der Waals surface area (Å²) in [5.41, 5.74) is 2.71. The van der Waals surface area contributed by atoms with Gasteiger partial charge in [-0.25, -0.2) is 4.98 Å². The highest BCUT2D eigenvalue weighted by atomic mass is 19.1. The largest absolute Gasteiger partial charge is 0.489 e. The molecule has 0 spiro atoms. The minimum absolute atomic E-state index is 0.0932. The molecular weight excluding hydrogens is 347 g/mol. The molecule has 3 heterocycles. The van der Waals surface area contributed by atoms with E-state index in [1.807, 2.05) is 43.3 Å². The molecule has 0 aliphatic rings. The van der Waals surface area contributed by atoms with Gasteiger partial charge in [0.25, 0.3) is 5.89 Å². The third-order valence-corrected chi connectivity index (χ3v) is 3.87. The van der Waals surface area contributed by atoms with E-state index in [-0.39, 0.29) is 11.5 Å². The van der Waals surface area contributed by atoms with Crippen LogP contribution in [0.1, 0.15) is 11.1 Å². The minimum atomic E-state index is -0.644. The fraction of sp³-hybridized carbons (Fsp3) is 0.100. The zero-order valence-electron chi connectivity index (χ0n) is 14.5. The Bertz CT molecular complexity index is 1050. The van der Waals surface area contributed by atoms with Crippen molar-refractivity contribution in [1.29, 1.82) is 0 Å². The number of halogens is 1. The third kappa shape index (κ3) is 3.82. The third-order valence-electron chi connectivity index (χ3n) is 3.87. The molecule has 6 nitrogen and oxygen atoms in total. The maximum absolute atomic E-state index is 13.9.